The zero-order valence-electron chi connectivity index (χ0n) is 15.8. The molecule has 0 radical (unpaired) electrons. The normalized spacial score (nSPS) is 10.9. The fraction of sp³-hybridized carbons (Fsp3) is 0.842. The highest BCUT2D eigenvalue weighted by Crippen LogP contribution is 2.01. The lowest BCUT2D eigenvalue weighted by atomic mass is 10.1. The fourth-order valence-electron chi connectivity index (χ4n) is 1.67. The van der Waals surface area contributed by atoms with Crippen molar-refractivity contribution in [2.75, 3.05) is 52.9 Å². The van der Waals surface area contributed by atoms with E-state index < -0.39 is 0 Å². The summed E-state index contributed by atoms with van der Waals surface area (Å²) < 4.78 is 21.5. The Morgan fingerprint density at radius 1 is 0.792 bits per heavy atom. The van der Waals surface area contributed by atoms with Crippen molar-refractivity contribution in [2.24, 2.45) is 11.8 Å². The van der Waals surface area contributed by atoms with E-state index in [1.165, 1.54) is 0 Å². The number of ether oxygens (including phenoxy) is 4. The third kappa shape index (κ3) is 17.4. The van der Waals surface area contributed by atoms with E-state index in [-0.39, 0.29) is 5.92 Å². The van der Waals surface area contributed by atoms with Crippen LogP contribution in [-0.2, 0) is 23.7 Å². The van der Waals surface area contributed by atoms with Crippen LogP contribution in [0.3, 0.4) is 0 Å². The maximum atomic E-state index is 11.4. The van der Waals surface area contributed by atoms with Gasteiger partial charge in [-0.25, -0.2) is 0 Å². The molecule has 0 unspecified atom stereocenters. The van der Waals surface area contributed by atoms with Crippen LogP contribution in [-0.4, -0.2) is 58.6 Å². The molecule has 0 aliphatic heterocycles. The first kappa shape index (κ1) is 23.1. The summed E-state index contributed by atoms with van der Waals surface area (Å²) in [6.07, 6.45) is 1.37. The second-order valence-electron chi connectivity index (χ2n) is 6.09. The number of Topliss-reactive ketones (excluding diaryl/α,β-unsaturated/α-hetero) is 1. The average Bonchev–Trinajstić information content (AvgIpc) is 2.53. The largest absolute Gasteiger partial charge is 0.379 e. The molecular weight excluding hydrogens is 308 g/mol. The van der Waals surface area contributed by atoms with Crippen LogP contribution in [0.5, 0.6) is 0 Å². The van der Waals surface area contributed by atoms with Gasteiger partial charge in [-0.2, -0.15) is 0 Å². The minimum Gasteiger partial charge on any atom is -0.379 e. The molecule has 0 aliphatic carbocycles. The Bertz CT molecular complexity index is 355. The van der Waals surface area contributed by atoms with Gasteiger partial charge < -0.3 is 18.9 Å². The molecule has 0 atom stereocenters. The fourth-order valence-corrected chi connectivity index (χ4v) is 1.67. The quantitative estimate of drug-likeness (QED) is 0.338. The maximum absolute atomic E-state index is 11.4. The molecule has 0 aromatic heterocycles. The van der Waals surface area contributed by atoms with E-state index in [0.717, 1.165) is 6.42 Å². The van der Waals surface area contributed by atoms with Gasteiger partial charge in [0, 0.05) is 24.9 Å². The molecule has 0 rings (SSSR count). The standard InChI is InChI=1S/C19H34O5/c1-17(2)7-5-9-21-11-13-23-15-16-24-14-12-22-10-6-8-19(20)18(3)4/h17-18H,6,8-16H2,1-4H3. The minimum atomic E-state index is 0.117. The molecule has 0 spiro atoms. The van der Waals surface area contributed by atoms with Gasteiger partial charge in [0.05, 0.1) is 39.6 Å². The van der Waals surface area contributed by atoms with Crippen LogP contribution in [0.25, 0.3) is 0 Å². The van der Waals surface area contributed by atoms with Crippen molar-refractivity contribution in [3.05, 3.63) is 0 Å². The number of ketones is 1. The maximum Gasteiger partial charge on any atom is 0.135 e. The van der Waals surface area contributed by atoms with Gasteiger partial charge in [0.15, 0.2) is 0 Å². The van der Waals surface area contributed by atoms with E-state index in [1.807, 2.05) is 13.8 Å². The van der Waals surface area contributed by atoms with Crippen LogP contribution >= 0.6 is 0 Å². The molecule has 0 fully saturated rings. The molecule has 0 N–H and O–H groups in total. The van der Waals surface area contributed by atoms with Gasteiger partial charge in [-0.05, 0) is 6.42 Å². The van der Waals surface area contributed by atoms with E-state index in [9.17, 15) is 4.79 Å². The molecule has 0 aliphatic rings. The van der Waals surface area contributed by atoms with Gasteiger partial charge in [-0.1, -0.05) is 39.5 Å². The van der Waals surface area contributed by atoms with E-state index >= 15 is 0 Å². The van der Waals surface area contributed by atoms with Crippen molar-refractivity contribution >= 4 is 5.78 Å². The Morgan fingerprint density at radius 3 is 1.79 bits per heavy atom. The predicted molar refractivity (Wildman–Crippen MR) is 95.0 cm³/mol. The number of rotatable bonds is 15. The molecule has 5 heteroatoms. The molecule has 0 heterocycles. The Balaban J connectivity index is 3.13. The van der Waals surface area contributed by atoms with Crippen molar-refractivity contribution in [2.45, 2.75) is 40.5 Å². The van der Waals surface area contributed by atoms with E-state index in [0.29, 0.717) is 71.0 Å². The lowest BCUT2D eigenvalue weighted by Gasteiger charge is -2.07. The molecule has 24 heavy (non-hydrogen) atoms. The smallest absolute Gasteiger partial charge is 0.135 e. The summed E-state index contributed by atoms with van der Waals surface area (Å²) in [5.41, 5.74) is 0. The summed E-state index contributed by atoms with van der Waals surface area (Å²) in [7, 11) is 0. The third-order valence-electron chi connectivity index (χ3n) is 3.04. The molecule has 0 amide bonds. The number of hydrogen-bond donors (Lipinski definition) is 0. The minimum absolute atomic E-state index is 0.117. The van der Waals surface area contributed by atoms with Crippen molar-refractivity contribution < 1.29 is 23.7 Å². The molecule has 0 aromatic carbocycles. The first-order valence-corrected chi connectivity index (χ1v) is 8.86. The highest BCUT2D eigenvalue weighted by atomic mass is 16.6. The van der Waals surface area contributed by atoms with Crippen molar-refractivity contribution in [1.29, 1.82) is 0 Å². The second kappa shape index (κ2) is 16.9. The van der Waals surface area contributed by atoms with Crippen LogP contribution in [0, 0.1) is 23.7 Å². The lowest BCUT2D eigenvalue weighted by Crippen LogP contribution is -2.12. The Morgan fingerprint density at radius 2 is 1.29 bits per heavy atom. The topological polar surface area (TPSA) is 54.0 Å². The lowest BCUT2D eigenvalue weighted by molar-refractivity contribution is -0.122. The Kier molecular flexibility index (Phi) is 16.3. The molecule has 0 aromatic rings. The molecule has 0 bridgehead atoms. The summed E-state index contributed by atoms with van der Waals surface area (Å²) >= 11 is 0. The van der Waals surface area contributed by atoms with E-state index in [2.05, 4.69) is 25.7 Å². The van der Waals surface area contributed by atoms with Gasteiger partial charge >= 0.3 is 0 Å². The Hall–Kier alpha value is -0.930. The number of carbonyl (C=O) groups excluding carboxylic acids is 1. The number of carbonyl (C=O) groups is 1. The highest BCUT2D eigenvalue weighted by Gasteiger charge is 2.05. The van der Waals surface area contributed by atoms with Crippen molar-refractivity contribution in [3.8, 4) is 11.8 Å². The van der Waals surface area contributed by atoms with Crippen LogP contribution in [0.4, 0.5) is 0 Å². The first-order valence-electron chi connectivity index (χ1n) is 8.86. The van der Waals surface area contributed by atoms with Crippen LogP contribution in [0.2, 0.25) is 0 Å². The first-order chi connectivity index (χ1) is 11.5. The van der Waals surface area contributed by atoms with Gasteiger partial charge in [0.2, 0.25) is 0 Å². The molecule has 5 nitrogen and oxygen atoms in total. The van der Waals surface area contributed by atoms with Crippen LogP contribution < -0.4 is 0 Å². The average molecular weight is 342 g/mol. The summed E-state index contributed by atoms with van der Waals surface area (Å²) in [6, 6.07) is 0. The summed E-state index contributed by atoms with van der Waals surface area (Å²) in [4.78, 5) is 11.4. The molecule has 0 saturated carbocycles. The van der Waals surface area contributed by atoms with Gasteiger partial charge in [0.1, 0.15) is 12.4 Å². The highest BCUT2D eigenvalue weighted by molar-refractivity contribution is 5.80. The van der Waals surface area contributed by atoms with Crippen molar-refractivity contribution in [1.82, 2.24) is 0 Å². The monoisotopic (exact) mass is 342 g/mol. The number of hydrogen-bond acceptors (Lipinski definition) is 5. The Labute approximate surface area is 147 Å². The van der Waals surface area contributed by atoms with Gasteiger partial charge in [0.25, 0.3) is 0 Å². The SMILES string of the molecule is CC(C)C#CCOCCOCCOCCOCCCC(=O)C(C)C. The zero-order valence-corrected chi connectivity index (χ0v) is 15.8. The molecule has 0 saturated heterocycles. The van der Waals surface area contributed by atoms with Crippen LogP contribution in [0.1, 0.15) is 40.5 Å². The predicted octanol–water partition coefficient (Wildman–Crippen LogP) is 2.72. The summed E-state index contributed by atoms with van der Waals surface area (Å²) in [5, 5.41) is 0. The van der Waals surface area contributed by atoms with Crippen molar-refractivity contribution in [3.63, 3.8) is 0 Å². The zero-order chi connectivity index (χ0) is 18.0. The summed E-state index contributed by atoms with van der Waals surface area (Å²) in [5.74, 6) is 6.78. The van der Waals surface area contributed by atoms with E-state index in [1.54, 1.807) is 0 Å². The molecular formula is C19H34O5. The third-order valence-corrected chi connectivity index (χ3v) is 3.04. The van der Waals surface area contributed by atoms with E-state index in [4.69, 9.17) is 18.9 Å². The van der Waals surface area contributed by atoms with Gasteiger partial charge in [-0.3, -0.25) is 4.79 Å². The molecule has 140 valence electrons. The summed E-state index contributed by atoms with van der Waals surface area (Å²) in [6.45, 7) is 12.3. The van der Waals surface area contributed by atoms with Gasteiger partial charge in [-0.15, -0.1) is 0 Å². The van der Waals surface area contributed by atoms with Crippen LogP contribution in [0.15, 0.2) is 0 Å². The second-order valence-corrected chi connectivity index (χ2v) is 6.09.